The Morgan fingerprint density at radius 1 is 1.26 bits per heavy atom. The number of nitrogens with zero attached hydrogens (tertiary/aromatic N) is 2. The molecule has 19 heavy (non-hydrogen) atoms. The summed E-state index contributed by atoms with van der Waals surface area (Å²) in [6.07, 6.45) is 2.13. The monoisotopic (exact) mass is 282 g/mol. The van der Waals surface area contributed by atoms with E-state index in [9.17, 15) is 10.1 Å². The smallest absolute Gasteiger partial charge is 0.294 e. The Morgan fingerprint density at radius 3 is 2.32 bits per heavy atom. The summed E-state index contributed by atoms with van der Waals surface area (Å²) < 4.78 is 0. The molecule has 0 spiro atoms. The minimum absolute atomic E-state index is 0.124. The van der Waals surface area contributed by atoms with Crippen molar-refractivity contribution in [2.75, 3.05) is 18.0 Å². The number of benzene rings is 1. The normalized spacial score (nSPS) is 15.9. The molecule has 0 N–H and O–H groups in total. The van der Waals surface area contributed by atoms with Crippen LogP contribution in [0.3, 0.4) is 0 Å². The van der Waals surface area contributed by atoms with Crippen molar-refractivity contribution in [1.29, 1.82) is 0 Å². The van der Waals surface area contributed by atoms with Gasteiger partial charge in [0.1, 0.15) is 5.69 Å². The third kappa shape index (κ3) is 2.84. The summed E-state index contributed by atoms with van der Waals surface area (Å²) in [6, 6.07) is 3.53. The van der Waals surface area contributed by atoms with Crippen LogP contribution >= 0.6 is 11.6 Å². The van der Waals surface area contributed by atoms with Crippen molar-refractivity contribution in [3.05, 3.63) is 32.8 Å². The highest BCUT2D eigenvalue weighted by molar-refractivity contribution is 6.34. The van der Waals surface area contributed by atoms with Crippen LogP contribution in [0.15, 0.2) is 12.1 Å². The van der Waals surface area contributed by atoms with Gasteiger partial charge in [-0.1, -0.05) is 32.4 Å². The van der Waals surface area contributed by atoms with E-state index in [-0.39, 0.29) is 16.0 Å². The van der Waals surface area contributed by atoms with Crippen molar-refractivity contribution < 1.29 is 4.92 Å². The summed E-state index contributed by atoms with van der Waals surface area (Å²) >= 11 is 6.32. The van der Waals surface area contributed by atoms with Crippen LogP contribution < -0.4 is 4.90 Å². The van der Waals surface area contributed by atoms with Gasteiger partial charge in [0, 0.05) is 19.2 Å². The summed E-state index contributed by atoms with van der Waals surface area (Å²) in [5.74, 6) is 0. The molecular weight excluding hydrogens is 264 g/mol. The standard InChI is InChI=1S/C14H19ClN2O2/c1-14(2,3)10-8-11(15)13(12(9-10)17(18)19)16-6-4-5-7-16/h8-9H,4-7H2,1-3H3. The predicted molar refractivity (Wildman–Crippen MR) is 78.3 cm³/mol. The van der Waals surface area contributed by atoms with Crippen molar-refractivity contribution in [2.45, 2.75) is 39.0 Å². The van der Waals surface area contributed by atoms with Crippen LogP contribution in [-0.2, 0) is 5.41 Å². The molecule has 0 unspecified atom stereocenters. The van der Waals surface area contributed by atoms with E-state index >= 15 is 0 Å². The van der Waals surface area contributed by atoms with Gasteiger partial charge in [0.15, 0.2) is 0 Å². The number of anilines is 1. The second-order valence-corrected chi connectivity index (χ2v) is 6.43. The van der Waals surface area contributed by atoms with Crippen LogP contribution in [0.2, 0.25) is 5.02 Å². The number of hydrogen-bond acceptors (Lipinski definition) is 3. The van der Waals surface area contributed by atoms with Crippen molar-refractivity contribution in [3.63, 3.8) is 0 Å². The van der Waals surface area contributed by atoms with Gasteiger partial charge in [-0.15, -0.1) is 0 Å². The molecule has 104 valence electrons. The molecule has 1 aromatic carbocycles. The number of hydrogen-bond donors (Lipinski definition) is 0. The molecule has 0 aliphatic carbocycles. The highest BCUT2D eigenvalue weighted by Gasteiger charge is 2.28. The average molecular weight is 283 g/mol. The van der Waals surface area contributed by atoms with E-state index in [1.165, 1.54) is 0 Å². The van der Waals surface area contributed by atoms with Gasteiger partial charge in [0.2, 0.25) is 0 Å². The lowest BCUT2D eigenvalue weighted by Crippen LogP contribution is -2.20. The van der Waals surface area contributed by atoms with E-state index in [0.717, 1.165) is 31.5 Å². The summed E-state index contributed by atoms with van der Waals surface area (Å²) in [7, 11) is 0. The van der Waals surface area contributed by atoms with Gasteiger partial charge in [-0.25, -0.2) is 0 Å². The lowest BCUT2D eigenvalue weighted by atomic mass is 9.86. The van der Waals surface area contributed by atoms with Gasteiger partial charge in [-0.3, -0.25) is 10.1 Å². The van der Waals surface area contributed by atoms with Gasteiger partial charge >= 0.3 is 0 Å². The lowest BCUT2D eigenvalue weighted by Gasteiger charge is -2.23. The van der Waals surface area contributed by atoms with E-state index in [0.29, 0.717) is 10.7 Å². The molecule has 1 heterocycles. The predicted octanol–water partition coefficient (Wildman–Crippen LogP) is 4.15. The third-order valence-corrected chi connectivity index (χ3v) is 3.82. The molecule has 0 amide bonds. The molecule has 4 nitrogen and oxygen atoms in total. The quantitative estimate of drug-likeness (QED) is 0.605. The molecule has 5 heteroatoms. The van der Waals surface area contributed by atoms with Gasteiger partial charge in [-0.2, -0.15) is 0 Å². The highest BCUT2D eigenvalue weighted by Crippen LogP contribution is 2.41. The zero-order chi connectivity index (χ0) is 14.2. The number of nitro groups is 1. The molecular formula is C14H19ClN2O2. The molecule has 0 saturated carbocycles. The van der Waals surface area contributed by atoms with Crippen LogP contribution in [0.5, 0.6) is 0 Å². The molecule has 1 aliphatic heterocycles. The Morgan fingerprint density at radius 2 is 1.84 bits per heavy atom. The van der Waals surface area contributed by atoms with E-state index in [1.807, 2.05) is 31.7 Å². The first-order valence-corrected chi connectivity index (χ1v) is 6.92. The molecule has 0 radical (unpaired) electrons. The fourth-order valence-corrected chi connectivity index (χ4v) is 2.74. The van der Waals surface area contributed by atoms with Gasteiger partial charge in [-0.05, 0) is 29.9 Å². The molecule has 1 aromatic rings. The molecule has 2 rings (SSSR count). The topological polar surface area (TPSA) is 46.4 Å². The first-order chi connectivity index (χ1) is 8.80. The first kappa shape index (κ1) is 14.1. The van der Waals surface area contributed by atoms with Crippen LogP contribution in [0.1, 0.15) is 39.2 Å². The van der Waals surface area contributed by atoms with Crippen molar-refractivity contribution in [3.8, 4) is 0 Å². The zero-order valence-corrected chi connectivity index (χ0v) is 12.3. The van der Waals surface area contributed by atoms with Crippen LogP contribution in [0.25, 0.3) is 0 Å². The second-order valence-electron chi connectivity index (χ2n) is 6.03. The highest BCUT2D eigenvalue weighted by atomic mass is 35.5. The van der Waals surface area contributed by atoms with Gasteiger partial charge in [0.05, 0.1) is 9.95 Å². The average Bonchev–Trinajstić information content (AvgIpc) is 2.79. The lowest BCUT2D eigenvalue weighted by molar-refractivity contribution is -0.384. The summed E-state index contributed by atoms with van der Waals surface area (Å²) in [6.45, 7) is 7.76. The van der Waals surface area contributed by atoms with Crippen molar-refractivity contribution >= 4 is 23.0 Å². The van der Waals surface area contributed by atoms with Crippen molar-refractivity contribution in [2.24, 2.45) is 0 Å². The zero-order valence-electron chi connectivity index (χ0n) is 11.6. The Bertz CT molecular complexity index is 503. The van der Waals surface area contributed by atoms with Crippen LogP contribution in [0.4, 0.5) is 11.4 Å². The molecule has 0 bridgehead atoms. The summed E-state index contributed by atoms with van der Waals surface area (Å²) in [5, 5.41) is 11.8. The Kier molecular flexibility index (Phi) is 3.72. The SMILES string of the molecule is CC(C)(C)c1cc(Cl)c(N2CCCC2)c([N+](=O)[O-])c1. The van der Waals surface area contributed by atoms with E-state index < -0.39 is 0 Å². The van der Waals surface area contributed by atoms with E-state index in [4.69, 9.17) is 11.6 Å². The van der Waals surface area contributed by atoms with Crippen molar-refractivity contribution in [1.82, 2.24) is 0 Å². The minimum atomic E-state index is -0.325. The first-order valence-electron chi connectivity index (χ1n) is 6.54. The summed E-state index contributed by atoms with van der Waals surface area (Å²) in [5.41, 5.74) is 1.45. The number of halogens is 1. The largest absolute Gasteiger partial charge is 0.365 e. The Labute approximate surface area is 118 Å². The molecule has 0 atom stereocenters. The van der Waals surface area contributed by atoms with E-state index in [1.54, 1.807) is 6.07 Å². The Hall–Kier alpha value is -1.29. The molecule has 1 aliphatic rings. The Balaban J connectivity index is 2.56. The third-order valence-electron chi connectivity index (χ3n) is 3.53. The maximum Gasteiger partial charge on any atom is 0.294 e. The molecule has 1 saturated heterocycles. The molecule has 0 aromatic heterocycles. The number of rotatable bonds is 2. The fraction of sp³-hybridized carbons (Fsp3) is 0.571. The summed E-state index contributed by atoms with van der Waals surface area (Å²) in [4.78, 5) is 13.0. The maximum absolute atomic E-state index is 11.3. The minimum Gasteiger partial charge on any atom is -0.365 e. The van der Waals surface area contributed by atoms with Gasteiger partial charge < -0.3 is 4.90 Å². The van der Waals surface area contributed by atoms with Gasteiger partial charge in [0.25, 0.3) is 5.69 Å². The van der Waals surface area contributed by atoms with Crippen LogP contribution in [-0.4, -0.2) is 18.0 Å². The maximum atomic E-state index is 11.3. The van der Waals surface area contributed by atoms with Crippen LogP contribution in [0, 0.1) is 10.1 Å². The molecule has 1 fully saturated rings. The number of nitro benzene ring substituents is 1. The van der Waals surface area contributed by atoms with E-state index in [2.05, 4.69) is 0 Å². The fourth-order valence-electron chi connectivity index (χ4n) is 2.41. The second kappa shape index (κ2) is 5.00.